The summed E-state index contributed by atoms with van der Waals surface area (Å²) in [5.74, 6) is 5.61. The predicted octanol–water partition coefficient (Wildman–Crippen LogP) is -0.420. The summed E-state index contributed by atoms with van der Waals surface area (Å²) in [6, 6.07) is 10.4. The average molecular weight is 753 g/mol. The van der Waals surface area contributed by atoms with Crippen molar-refractivity contribution in [2.75, 3.05) is 41.0 Å². The Kier molecular flexibility index (Phi) is 16.9. The number of hydrogen-bond donors (Lipinski definition) is 6. The van der Waals surface area contributed by atoms with Gasteiger partial charge < -0.3 is 55.9 Å². The van der Waals surface area contributed by atoms with E-state index in [4.69, 9.17) is 26.2 Å². The molecular formula is C37H52N8O9. The second-order valence-electron chi connectivity index (χ2n) is 12.8. The second kappa shape index (κ2) is 21.2. The summed E-state index contributed by atoms with van der Waals surface area (Å²) in [7, 11) is 4.74. The molecule has 3 heterocycles. The number of Topliss-reactive ketones (excluding diaryl/α,β-unsaturated/α-hetero) is 1. The van der Waals surface area contributed by atoms with Gasteiger partial charge in [-0.25, -0.2) is 5.84 Å². The molecule has 17 nitrogen and oxygen atoms in total. The first-order valence-corrected chi connectivity index (χ1v) is 17.5. The van der Waals surface area contributed by atoms with E-state index in [-0.39, 0.29) is 43.5 Å². The van der Waals surface area contributed by atoms with Gasteiger partial charge in [-0.2, -0.15) is 0 Å². The summed E-state index contributed by atoms with van der Waals surface area (Å²) in [6.45, 7) is 3.93. The van der Waals surface area contributed by atoms with Gasteiger partial charge in [-0.15, -0.1) is 0 Å². The number of benzene rings is 2. The highest BCUT2D eigenvalue weighted by Crippen LogP contribution is 2.28. The number of amides is 4. The fourth-order valence-corrected chi connectivity index (χ4v) is 6.10. The quantitative estimate of drug-likeness (QED) is 0.0661. The van der Waals surface area contributed by atoms with Gasteiger partial charge in [-0.1, -0.05) is 24.3 Å². The highest BCUT2D eigenvalue weighted by atomic mass is 16.5. The van der Waals surface area contributed by atoms with Gasteiger partial charge in [0.25, 0.3) is 5.91 Å². The fourth-order valence-electron chi connectivity index (χ4n) is 6.10. The zero-order valence-electron chi connectivity index (χ0n) is 31.3. The van der Waals surface area contributed by atoms with E-state index in [1.807, 2.05) is 18.2 Å². The summed E-state index contributed by atoms with van der Waals surface area (Å²) in [4.78, 5) is 71.8. The SMILES string of the molecule is CC(=O)N1Cc2cccc(CN(N)/C=C(\N)CO)c2C1.CNCC(=O)N1CCCC1C(=O)C(=O)NCc1ccc(OC)c(OC)c1.O=CC1CCC(=O)N1. The zero-order chi connectivity index (χ0) is 39.8. The van der Waals surface area contributed by atoms with Crippen LogP contribution in [0.25, 0.3) is 0 Å². The van der Waals surface area contributed by atoms with Crippen molar-refractivity contribution in [3.63, 3.8) is 0 Å². The maximum atomic E-state index is 12.4. The van der Waals surface area contributed by atoms with E-state index in [2.05, 4.69) is 16.0 Å². The minimum Gasteiger partial charge on any atom is -0.493 e. The van der Waals surface area contributed by atoms with E-state index in [1.54, 1.807) is 44.2 Å². The monoisotopic (exact) mass is 752 g/mol. The minimum atomic E-state index is -0.686. The van der Waals surface area contributed by atoms with E-state index in [0.717, 1.165) is 35.0 Å². The average Bonchev–Trinajstić information content (AvgIpc) is 3.94. The third-order valence-electron chi connectivity index (χ3n) is 8.91. The molecule has 2 atom stereocenters. The number of aliphatic hydroxyl groups is 1. The van der Waals surface area contributed by atoms with Crippen LogP contribution in [0.4, 0.5) is 0 Å². The van der Waals surface area contributed by atoms with E-state index in [9.17, 15) is 28.8 Å². The molecule has 0 radical (unpaired) electrons. The molecule has 5 rings (SSSR count). The summed E-state index contributed by atoms with van der Waals surface area (Å²) in [5.41, 5.74) is 10.00. The molecular weight excluding hydrogens is 700 g/mol. The number of methoxy groups -OCH3 is 2. The molecule has 0 aromatic heterocycles. The van der Waals surface area contributed by atoms with Gasteiger partial charge in [0.05, 0.1) is 45.7 Å². The number of aliphatic hydroxyl groups excluding tert-OH is 1. The molecule has 4 amide bonds. The number of likely N-dealkylation sites (N-methyl/N-ethyl adjacent to an activating group) is 1. The van der Waals surface area contributed by atoms with Crippen LogP contribution in [0.3, 0.4) is 0 Å². The smallest absolute Gasteiger partial charge is 0.289 e. The topological polar surface area (TPSA) is 239 Å². The standard InChI is InChI=1S/C18H25N3O5.C14H20N4O2.C5H7NO2/c1-19-11-16(22)21-8-4-5-13(21)17(23)18(24)20-10-12-6-7-14(25-2)15(9-12)26-3;1-10(20)17-5-11-3-2-4-12(14(11)8-17)6-18(16)7-13(15)9-19;7-3-4-1-2-5(8)6-4/h6-7,9,13,19H,4-5,8,10-11H2,1-3H3,(H,20,24);2-4,7,19H,5-6,8-9,15-16H2,1H3;3-4H,1-2H2,(H,6,8)/b;13-7-;. The van der Waals surface area contributed by atoms with Crippen LogP contribution in [-0.2, 0) is 54.9 Å². The number of aldehydes is 1. The van der Waals surface area contributed by atoms with E-state index < -0.39 is 17.7 Å². The van der Waals surface area contributed by atoms with Crippen LogP contribution in [0.15, 0.2) is 48.3 Å². The molecule has 8 N–H and O–H groups in total. The third-order valence-corrected chi connectivity index (χ3v) is 8.91. The van der Waals surface area contributed by atoms with E-state index >= 15 is 0 Å². The van der Waals surface area contributed by atoms with Crippen LogP contribution >= 0.6 is 0 Å². The molecule has 17 heteroatoms. The van der Waals surface area contributed by atoms with Crippen molar-refractivity contribution >= 4 is 35.7 Å². The number of nitrogens with one attached hydrogen (secondary N) is 3. The number of nitrogens with zero attached hydrogens (tertiary/aromatic N) is 3. The van der Waals surface area contributed by atoms with Crippen LogP contribution in [0.2, 0.25) is 0 Å². The highest BCUT2D eigenvalue weighted by molar-refractivity contribution is 6.38. The number of hydrazine groups is 1. The molecule has 2 unspecified atom stereocenters. The number of likely N-dealkylation sites (tertiary alicyclic amines) is 1. The summed E-state index contributed by atoms with van der Waals surface area (Å²) in [6.07, 6.45) is 4.68. The van der Waals surface area contributed by atoms with Crippen molar-refractivity contribution < 1.29 is 43.3 Å². The Hall–Kier alpha value is -5.52. The summed E-state index contributed by atoms with van der Waals surface area (Å²) >= 11 is 0. The number of hydrogen-bond acceptors (Lipinski definition) is 13. The maximum Gasteiger partial charge on any atom is 0.289 e. The minimum absolute atomic E-state index is 0.0119. The van der Waals surface area contributed by atoms with Crippen LogP contribution in [0.1, 0.15) is 54.9 Å². The van der Waals surface area contributed by atoms with Crippen molar-refractivity contribution in [3.05, 3.63) is 70.5 Å². The highest BCUT2D eigenvalue weighted by Gasteiger charge is 2.36. The lowest BCUT2D eigenvalue weighted by molar-refractivity contribution is -0.144. The van der Waals surface area contributed by atoms with Gasteiger partial charge in [0, 0.05) is 45.7 Å². The molecule has 2 saturated heterocycles. The van der Waals surface area contributed by atoms with Crippen molar-refractivity contribution in [2.24, 2.45) is 11.6 Å². The van der Waals surface area contributed by atoms with Crippen LogP contribution in [0, 0.1) is 0 Å². The Morgan fingerprint density at radius 3 is 2.43 bits per heavy atom. The van der Waals surface area contributed by atoms with Gasteiger partial charge in [0.1, 0.15) is 12.3 Å². The van der Waals surface area contributed by atoms with Crippen LogP contribution < -0.4 is 37.0 Å². The molecule has 3 aliphatic heterocycles. The van der Waals surface area contributed by atoms with Crippen LogP contribution in [0.5, 0.6) is 11.5 Å². The van der Waals surface area contributed by atoms with Gasteiger partial charge in [-0.05, 0) is 60.7 Å². The molecule has 3 aliphatic rings. The normalized spacial score (nSPS) is 17.2. The zero-order valence-corrected chi connectivity index (χ0v) is 31.3. The van der Waals surface area contributed by atoms with Crippen molar-refractivity contribution in [3.8, 4) is 11.5 Å². The molecule has 2 aromatic carbocycles. The maximum absolute atomic E-state index is 12.4. The molecule has 2 fully saturated rings. The first kappa shape index (κ1) is 42.9. The Morgan fingerprint density at radius 1 is 1.09 bits per heavy atom. The Balaban J connectivity index is 0.000000246. The number of ether oxygens (including phenoxy) is 2. The summed E-state index contributed by atoms with van der Waals surface area (Å²) < 4.78 is 10.4. The van der Waals surface area contributed by atoms with Crippen molar-refractivity contribution in [1.82, 2.24) is 30.8 Å². The van der Waals surface area contributed by atoms with Gasteiger partial charge in [0.15, 0.2) is 11.5 Å². The number of ketones is 1. The molecule has 0 bridgehead atoms. The van der Waals surface area contributed by atoms with Gasteiger partial charge in [-0.3, -0.25) is 24.0 Å². The van der Waals surface area contributed by atoms with E-state index in [0.29, 0.717) is 62.6 Å². The number of fused-ring (bicyclic) bond motifs is 1. The molecule has 0 spiro atoms. The largest absolute Gasteiger partial charge is 0.493 e. The fraction of sp³-hybridized carbons (Fsp3) is 0.459. The Labute approximate surface area is 314 Å². The van der Waals surface area contributed by atoms with Crippen molar-refractivity contribution in [1.29, 1.82) is 0 Å². The van der Waals surface area contributed by atoms with Gasteiger partial charge in [0.2, 0.25) is 23.5 Å². The Bertz CT molecular complexity index is 1680. The third kappa shape index (κ3) is 12.3. The molecule has 2 aromatic rings. The molecule has 294 valence electrons. The molecule has 0 saturated carbocycles. The lowest BCUT2D eigenvalue weighted by atomic mass is 10.0. The van der Waals surface area contributed by atoms with Gasteiger partial charge >= 0.3 is 0 Å². The molecule has 0 aliphatic carbocycles. The van der Waals surface area contributed by atoms with Crippen LogP contribution in [-0.4, -0.2) is 109 Å². The second-order valence-corrected chi connectivity index (χ2v) is 12.8. The predicted molar refractivity (Wildman–Crippen MR) is 198 cm³/mol. The Morgan fingerprint density at radius 2 is 1.83 bits per heavy atom. The number of carbonyl (C=O) groups excluding carboxylic acids is 6. The van der Waals surface area contributed by atoms with E-state index in [1.165, 1.54) is 23.2 Å². The number of nitrogens with two attached hydrogens (primary N) is 2. The number of carbonyl (C=O) groups is 6. The lowest BCUT2D eigenvalue weighted by Crippen LogP contribution is -2.48. The summed E-state index contributed by atoms with van der Waals surface area (Å²) in [5, 5.41) is 18.2. The number of rotatable bonds is 13. The first-order valence-electron chi connectivity index (χ1n) is 17.5. The van der Waals surface area contributed by atoms with Crippen molar-refractivity contribution in [2.45, 2.75) is 70.9 Å². The first-order chi connectivity index (χ1) is 25.8. The lowest BCUT2D eigenvalue weighted by Gasteiger charge is -2.23. The molecule has 54 heavy (non-hydrogen) atoms.